The van der Waals surface area contributed by atoms with Gasteiger partial charge in [-0.2, -0.15) is 0 Å². The first-order valence-electron chi connectivity index (χ1n) is 12.2. The van der Waals surface area contributed by atoms with Crippen LogP contribution in [0, 0.1) is 42.9 Å². The molecule has 200 valence electrons. The lowest BCUT2D eigenvalue weighted by Crippen LogP contribution is -2.67. The van der Waals surface area contributed by atoms with Crippen LogP contribution in [-0.2, 0) is 23.9 Å². The minimum Gasteiger partial charge on any atom is -0.468 e. The van der Waals surface area contributed by atoms with Crippen molar-refractivity contribution in [2.24, 2.45) is 22.7 Å². The van der Waals surface area contributed by atoms with E-state index in [1.165, 1.54) is 62.8 Å². The van der Waals surface area contributed by atoms with Gasteiger partial charge in [0.15, 0.2) is 5.78 Å². The maximum absolute atomic E-state index is 14.6. The van der Waals surface area contributed by atoms with Crippen molar-refractivity contribution in [2.45, 2.75) is 38.5 Å². The van der Waals surface area contributed by atoms with Gasteiger partial charge in [-0.3, -0.25) is 34.6 Å². The van der Waals surface area contributed by atoms with Gasteiger partial charge in [0.1, 0.15) is 10.8 Å². The number of carbonyl (C=O) groups excluding carboxylic acids is 3. The number of ketones is 1. The Labute approximate surface area is 218 Å². The van der Waals surface area contributed by atoms with E-state index in [9.17, 15) is 34.6 Å². The monoisotopic (exact) mass is 524 g/mol. The van der Waals surface area contributed by atoms with Gasteiger partial charge in [0, 0.05) is 36.1 Å². The summed E-state index contributed by atoms with van der Waals surface area (Å²) in [5.41, 5.74) is -2.75. The maximum atomic E-state index is 14.6. The molecule has 0 amide bonds. The summed E-state index contributed by atoms with van der Waals surface area (Å²) in [4.78, 5) is 63.3. The van der Waals surface area contributed by atoms with Gasteiger partial charge in [0.25, 0.3) is 11.4 Å². The number of methoxy groups -OCH3 is 2. The van der Waals surface area contributed by atoms with Crippen molar-refractivity contribution in [1.82, 2.24) is 0 Å². The number of ether oxygens (including phenoxy) is 2. The molecule has 0 saturated heterocycles. The Morgan fingerprint density at radius 2 is 1.11 bits per heavy atom. The van der Waals surface area contributed by atoms with Crippen LogP contribution in [-0.4, -0.2) is 41.8 Å². The summed E-state index contributed by atoms with van der Waals surface area (Å²) >= 11 is 0. The Morgan fingerprint density at radius 3 is 1.39 bits per heavy atom. The highest BCUT2D eigenvalue weighted by Gasteiger charge is 2.74. The molecule has 4 rings (SSSR count). The fourth-order valence-corrected chi connectivity index (χ4v) is 7.13. The molecule has 38 heavy (non-hydrogen) atoms. The number of benzene rings is 2. The Hall–Kier alpha value is -4.15. The SMILES string of the molecule is COC(=O)C12CC(C)CC(C(=O)OC)(C1=O)C(c1ccc([N+](=O)[O-])cc1)C(C)C2c1ccc([N+](=O)[O-])cc1. The predicted molar refractivity (Wildman–Crippen MR) is 133 cm³/mol. The molecule has 2 bridgehead atoms. The number of nitro benzene ring substituents is 2. The minimum atomic E-state index is -1.74. The number of carbonyl (C=O) groups is 3. The smallest absolute Gasteiger partial charge is 0.320 e. The predicted octanol–water partition coefficient (Wildman–Crippen LogP) is 4.34. The third-order valence-corrected chi connectivity index (χ3v) is 8.29. The van der Waals surface area contributed by atoms with Crippen molar-refractivity contribution < 1.29 is 33.7 Å². The summed E-state index contributed by atoms with van der Waals surface area (Å²) in [5.74, 6) is -4.61. The average Bonchev–Trinajstić information content (AvgIpc) is 2.90. The van der Waals surface area contributed by atoms with Crippen molar-refractivity contribution in [3.8, 4) is 0 Å². The van der Waals surface area contributed by atoms with Crippen molar-refractivity contribution in [1.29, 1.82) is 0 Å². The van der Waals surface area contributed by atoms with Crippen molar-refractivity contribution in [2.75, 3.05) is 14.2 Å². The zero-order valence-electron chi connectivity index (χ0n) is 21.4. The maximum Gasteiger partial charge on any atom is 0.320 e. The first-order chi connectivity index (χ1) is 17.9. The molecule has 4 atom stereocenters. The van der Waals surface area contributed by atoms with Crippen LogP contribution in [0.15, 0.2) is 48.5 Å². The topological polar surface area (TPSA) is 156 Å². The molecule has 2 aromatic carbocycles. The van der Waals surface area contributed by atoms with Gasteiger partial charge in [0.05, 0.1) is 24.1 Å². The van der Waals surface area contributed by atoms with Gasteiger partial charge in [-0.15, -0.1) is 0 Å². The van der Waals surface area contributed by atoms with E-state index in [1.807, 2.05) is 13.8 Å². The molecule has 4 unspecified atom stereocenters. The second-order valence-corrected chi connectivity index (χ2v) is 10.3. The molecule has 2 aliphatic rings. The molecule has 11 heteroatoms. The van der Waals surface area contributed by atoms with E-state index in [-0.39, 0.29) is 30.1 Å². The molecule has 0 spiro atoms. The summed E-state index contributed by atoms with van der Waals surface area (Å²) in [5, 5.41) is 22.6. The van der Waals surface area contributed by atoms with E-state index in [0.717, 1.165) is 0 Å². The van der Waals surface area contributed by atoms with Gasteiger partial charge in [0.2, 0.25) is 0 Å². The van der Waals surface area contributed by atoms with E-state index >= 15 is 0 Å². The second kappa shape index (κ2) is 9.62. The van der Waals surface area contributed by atoms with E-state index in [4.69, 9.17) is 9.47 Å². The first-order valence-corrected chi connectivity index (χ1v) is 12.2. The Kier molecular flexibility index (Phi) is 6.81. The van der Waals surface area contributed by atoms with Crippen LogP contribution in [0.1, 0.15) is 49.7 Å². The second-order valence-electron chi connectivity index (χ2n) is 10.3. The van der Waals surface area contributed by atoms with Crippen LogP contribution < -0.4 is 0 Å². The number of nitrogens with zero attached hydrogens (tertiary/aromatic N) is 2. The number of Topliss-reactive ketones (excluding diaryl/α,β-unsaturated/α-hetero) is 1. The number of nitro groups is 2. The molecule has 2 aromatic rings. The molecule has 0 radical (unpaired) electrons. The fourth-order valence-electron chi connectivity index (χ4n) is 7.13. The van der Waals surface area contributed by atoms with Crippen molar-refractivity contribution in [3.63, 3.8) is 0 Å². The lowest BCUT2D eigenvalue weighted by Gasteiger charge is -2.59. The van der Waals surface area contributed by atoms with E-state index in [0.29, 0.717) is 11.1 Å². The van der Waals surface area contributed by atoms with Crippen molar-refractivity contribution >= 4 is 29.1 Å². The third kappa shape index (κ3) is 3.75. The van der Waals surface area contributed by atoms with Crippen LogP contribution in [0.2, 0.25) is 0 Å². The number of rotatable bonds is 6. The molecule has 0 heterocycles. The first kappa shape index (κ1) is 26.9. The summed E-state index contributed by atoms with van der Waals surface area (Å²) in [6, 6.07) is 11.3. The fraction of sp³-hybridized carbons (Fsp3) is 0.444. The van der Waals surface area contributed by atoms with E-state index in [1.54, 1.807) is 0 Å². The summed E-state index contributed by atoms with van der Waals surface area (Å²) in [6.07, 6.45) is 0.243. The molecule has 2 saturated carbocycles. The van der Waals surface area contributed by atoms with Crippen LogP contribution >= 0.6 is 0 Å². The quantitative estimate of drug-likeness (QED) is 0.232. The molecule has 11 nitrogen and oxygen atoms in total. The number of fused-ring (bicyclic) bond motifs is 2. The number of hydrogen-bond donors (Lipinski definition) is 0. The van der Waals surface area contributed by atoms with Crippen LogP contribution in [0.3, 0.4) is 0 Å². The lowest BCUT2D eigenvalue weighted by atomic mass is 9.40. The molecule has 0 aliphatic heterocycles. The van der Waals surface area contributed by atoms with Gasteiger partial charge in [-0.25, -0.2) is 0 Å². The highest BCUT2D eigenvalue weighted by molar-refractivity contribution is 6.17. The Balaban J connectivity index is 2.03. The van der Waals surface area contributed by atoms with Gasteiger partial charge in [-0.1, -0.05) is 38.1 Å². The average molecular weight is 525 g/mol. The standard InChI is InChI=1S/C27H28N2O9/c1-15-13-26(24(31)37-3)21(17-5-9-19(10-6-17)28(33)34)16(2)22(18-7-11-20(12-8-18)29(35)36)27(14-15,23(26)30)25(32)38-4/h5-12,15-16,21-22H,13-14H2,1-4H3. The molecule has 0 N–H and O–H groups in total. The normalized spacial score (nSPS) is 30.3. The molecule has 2 fully saturated rings. The molecule has 2 aliphatic carbocycles. The van der Waals surface area contributed by atoms with Gasteiger partial charge < -0.3 is 9.47 Å². The third-order valence-electron chi connectivity index (χ3n) is 8.29. The molecule has 0 aromatic heterocycles. The summed E-state index contributed by atoms with van der Waals surface area (Å²) in [6.45, 7) is 3.66. The molecular formula is C27H28N2O9. The molecular weight excluding hydrogens is 496 g/mol. The zero-order chi connectivity index (χ0) is 28.0. The zero-order valence-corrected chi connectivity index (χ0v) is 21.4. The van der Waals surface area contributed by atoms with E-state index < -0.39 is 56.2 Å². The summed E-state index contributed by atoms with van der Waals surface area (Å²) in [7, 11) is 2.37. The number of esters is 2. The van der Waals surface area contributed by atoms with Gasteiger partial charge >= 0.3 is 11.9 Å². The Bertz CT molecular complexity index is 1210. The highest BCUT2D eigenvalue weighted by atomic mass is 16.6. The van der Waals surface area contributed by atoms with E-state index in [2.05, 4.69) is 0 Å². The van der Waals surface area contributed by atoms with Gasteiger partial charge in [-0.05, 0) is 35.8 Å². The van der Waals surface area contributed by atoms with Crippen molar-refractivity contribution in [3.05, 3.63) is 79.9 Å². The Morgan fingerprint density at radius 1 is 0.763 bits per heavy atom. The largest absolute Gasteiger partial charge is 0.468 e. The van der Waals surface area contributed by atoms with Crippen LogP contribution in [0.4, 0.5) is 11.4 Å². The highest BCUT2D eigenvalue weighted by Crippen LogP contribution is 2.67. The van der Waals surface area contributed by atoms with Crippen LogP contribution in [0.25, 0.3) is 0 Å². The minimum absolute atomic E-state index is 0.121. The van der Waals surface area contributed by atoms with Crippen LogP contribution in [0.5, 0.6) is 0 Å². The number of non-ortho nitro benzene ring substituents is 2. The lowest BCUT2D eigenvalue weighted by molar-refractivity contribution is -0.385. The number of hydrogen-bond acceptors (Lipinski definition) is 9. The summed E-state index contributed by atoms with van der Waals surface area (Å²) < 4.78 is 10.4.